The van der Waals surface area contributed by atoms with Crippen LogP contribution in [0.4, 0.5) is 0 Å². The molecule has 2 heterocycles. The average Bonchev–Trinajstić information content (AvgIpc) is 2.79. The summed E-state index contributed by atoms with van der Waals surface area (Å²) in [6.45, 7) is 1.20. The van der Waals surface area contributed by atoms with Crippen molar-refractivity contribution >= 4 is 15.9 Å². The highest BCUT2D eigenvalue weighted by Gasteiger charge is 2.24. The molecule has 18 heavy (non-hydrogen) atoms. The molecule has 1 aliphatic heterocycles. The Morgan fingerprint density at radius 1 is 1.44 bits per heavy atom. The third kappa shape index (κ3) is 1.95. The molecule has 0 amide bonds. The minimum atomic E-state index is -0.0608. The number of aromatic nitrogens is 2. The van der Waals surface area contributed by atoms with Crippen molar-refractivity contribution in [3.8, 4) is 5.75 Å². The van der Waals surface area contributed by atoms with Crippen LogP contribution < -0.4 is 10.3 Å². The van der Waals surface area contributed by atoms with Crippen molar-refractivity contribution < 1.29 is 4.74 Å². The fourth-order valence-electron chi connectivity index (χ4n) is 2.17. The highest BCUT2D eigenvalue weighted by molar-refractivity contribution is 9.10. The minimum Gasteiger partial charge on any atom is -0.493 e. The molecular weight excluding hydrogens is 296 g/mol. The van der Waals surface area contributed by atoms with Crippen LogP contribution in [0.25, 0.3) is 0 Å². The third-order valence-electron chi connectivity index (χ3n) is 3.08. The number of rotatable bonds is 2. The molecule has 4 nitrogen and oxygen atoms in total. The number of nitrogens with zero attached hydrogens (tertiary/aromatic N) is 2. The SMILES string of the molecule is O=c1c(Br)cncn1CC1COc2ccccc21. The molecule has 1 aromatic carbocycles. The van der Waals surface area contributed by atoms with E-state index in [9.17, 15) is 4.79 Å². The quantitative estimate of drug-likeness (QED) is 0.854. The topological polar surface area (TPSA) is 44.1 Å². The number of benzene rings is 1. The van der Waals surface area contributed by atoms with Crippen LogP contribution in [0.1, 0.15) is 11.5 Å². The molecular formula is C13H11BrN2O2. The molecule has 92 valence electrons. The van der Waals surface area contributed by atoms with E-state index in [1.54, 1.807) is 10.9 Å². The van der Waals surface area contributed by atoms with Crippen molar-refractivity contribution in [3.63, 3.8) is 0 Å². The molecule has 0 aliphatic carbocycles. The molecule has 2 aromatic rings. The van der Waals surface area contributed by atoms with E-state index in [2.05, 4.69) is 20.9 Å². The zero-order valence-electron chi connectivity index (χ0n) is 9.54. The summed E-state index contributed by atoms with van der Waals surface area (Å²) in [5.41, 5.74) is 1.10. The second-order valence-corrected chi connectivity index (χ2v) is 5.10. The summed E-state index contributed by atoms with van der Waals surface area (Å²) in [7, 11) is 0. The van der Waals surface area contributed by atoms with Gasteiger partial charge in [-0.3, -0.25) is 9.36 Å². The Morgan fingerprint density at radius 2 is 2.28 bits per heavy atom. The van der Waals surface area contributed by atoms with Gasteiger partial charge in [-0.15, -0.1) is 0 Å². The van der Waals surface area contributed by atoms with Gasteiger partial charge in [-0.2, -0.15) is 0 Å². The van der Waals surface area contributed by atoms with Crippen molar-refractivity contribution in [1.82, 2.24) is 9.55 Å². The molecule has 1 atom stereocenters. The number of ether oxygens (including phenoxy) is 1. The van der Waals surface area contributed by atoms with Gasteiger partial charge in [-0.05, 0) is 22.0 Å². The van der Waals surface area contributed by atoms with Gasteiger partial charge < -0.3 is 4.74 Å². The molecule has 5 heteroatoms. The Bertz CT molecular complexity index is 639. The summed E-state index contributed by atoms with van der Waals surface area (Å²) in [5, 5.41) is 0. The van der Waals surface area contributed by atoms with Gasteiger partial charge >= 0.3 is 0 Å². The van der Waals surface area contributed by atoms with Gasteiger partial charge in [-0.25, -0.2) is 4.98 Å². The highest BCUT2D eigenvalue weighted by Crippen LogP contribution is 2.34. The Morgan fingerprint density at radius 3 is 3.17 bits per heavy atom. The van der Waals surface area contributed by atoms with Crippen LogP contribution >= 0.6 is 15.9 Å². The van der Waals surface area contributed by atoms with Crippen molar-refractivity contribution in [2.24, 2.45) is 0 Å². The molecule has 0 saturated carbocycles. The minimum absolute atomic E-state index is 0.0608. The molecule has 1 aliphatic rings. The summed E-state index contributed by atoms with van der Waals surface area (Å²) in [4.78, 5) is 15.9. The monoisotopic (exact) mass is 306 g/mol. The van der Waals surface area contributed by atoms with E-state index >= 15 is 0 Å². The van der Waals surface area contributed by atoms with Crippen LogP contribution in [-0.2, 0) is 6.54 Å². The molecule has 1 aromatic heterocycles. The maximum atomic E-state index is 11.9. The Labute approximate surface area is 112 Å². The van der Waals surface area contributed by atoms with Gasteiger partial charge in [-0.1, -0.05) is 18.2 Å². The molecule has 0 saturated heterocycles. The predicted molar refractivity (Wildman–Crippen MR) is 70.9 cm³/mol. The zero-order chi connectivity index (χ0) is 12.5. The summed E-state index contributed by atoms with van der Waals surface area (Å²) in [6, 6.07) is 7.94. The van der Waals surface area contributed by atoms with Gasteiger partial charge in [0.05, 0.1) is 12.9 Å². The van der Waals surface area contributed by atoms with Gasteiger partial charge in [0.2, 0.25) is 0 Å². The van der Waals surface area contributed by atoms with Crippen LogP contribution in [0.5, 0.6) is 5.75 Å². The first-order valence-corrected chi connectivity index (χ1v) is 6.46. The smallest absolute Gasteiger partial charge is 0.267 e. The summed E-state index contributed by atoms with van der Waals surface area (Å²) in [6.07, 6.45) is 3.08. The van der Waals surface area contributed by atoms with E-state index in [-0.39, 0.29) is 11.5 Å². The lowest BCUT2D eigenvalue weighted by Gasteiger charge is -2.10. The molecule has 0 radical (unpaired) electrons. The van der Waals surface area contributed by atoms with Crippen molar-refractivity contribution in [2.75, 3.05) is 6.61 Å². The summed E-state index contributed by atoms with van der Waals surface area (Å²) < 4.78 is 7.70. The van der Waals surface area contributed by atoms with Gasteiger partial charge in [0.15, 0.2) is 0 Å². The average molecular weight is 307 g/mol. The maximum Gasteiger partial charge on any atom is 0.267 e. The van der Waals surface area contributed by atoms with E-state index in [1.807, 2.05) is 24.3 Å². The van der Waals surface area contributed by atoms with E-state index in [1.165, 1.54) is 6.20 Å². The largest absolute Gasteiger partial charge is 0.493 e. The van der Waals surface area contributed by atoms with Crippen molar-refractivity contribution in [1.29, 1.82) is 0 Å². The van der Waals surface area contributed by atoms with Crippen LogP contribution in [0.3, 0.4) is 0 Å². The lowest BCUT2D eigenvalue weighted by molar-refractivity contribution is 0.317. The molecule has 3 rings (SSSR count). The summed E-state index contributed by atoms with van der Waals surface area (Å²) in [5.74, 6) is 1.12. The Hall–Kier alpha value is -1.62. The van der Waals surface area contributed by atoms with E-state index in [0.717, 1.165) is 11.3 Å². The lowest BCUT2D eigenvalue weighted by Crippen LogP contribution is -2.24. The second-order valence-electron chi connectivity index (χ2n) is 4.24. The predicted octanol–water partition coefficient (Wildman–Crippen LogP) is 2.18. The molecule has 0 bridgehead atoms. The number of hydrogen-bond acceptors (Lipinski definition) is 3. The van der Waals surface area contributed by atoms with E-state index < -0.39 is 0 Å². The first kappa shape index (κ1) is 11.5. The number of para-hydroxylation sites is 1. The molecule has 0 fully saturated rings. The second kappa shape index (κ2) is 4.57. The standard InChI is InChI=1S/C13H11BrN2O2/c14-11-5-15-8-16(13(11)17)6-9-7-18-12-4-2-1-3-10(9)12/h1-5,8-9H,6-7H2. The lowest BCUT2D eigenvalue weighted by atomic mass is 10.0. The molecule has 0 N–H and O–H groups in total. The normalized spacial score (nSPS) is 17.3. The maximum absolute atomic E-state index is 11.9. The van der Waals surface area contributed by atoms with E-state index in [0.29, 0.717) is 17.6 Å². The van der Waals surface area contributed by atoms with Gasteiger partial charge in [0.25, 0.3) is 5.56 Å². The first-order chi connectivity index (χ1) is 8.75. The number of hydrogen-bond donors (Lipinski definition) is 0. The van der Waals surface area contributed by atoms with Crippen LogP contribution in [0, 0.1) is 0 Å². The van der Waals surface area contributed by atoms with Gasteiger partial charge in [0.1, 0.15) is 10.2 Å². The third-order valence-corrected chi connectivity index (χ3v) is 3.62. The zero-order valence-corrected chi connectivity index (χ0v) is 11.1. The summed E-state index contributed by atoms with van der Waals surface area (Å²) >= 11 is 3.20. The van der Waals surface area contributed by atoms with Crippen molar-refractivity contribution in [2.45, 2.75) is 12.5 Å². The highest BCUT2D eigenvalue weighted by atomic mass is 79.9. The van der Waals surface area contributed by atoms with Gasteiger partial charge in [0, 0.05) is 24.2 Å². The number of halogens is 1. The Balaban J connectivity index is 1.91. The van der Waals surface area contributed by atoms with Crippen molar-refractivity contribution in [3.05, 3.63) is 57.2 Å². The molecule has 1 unspecified atom stereocenters. The molecule has 0 spiro atoms. The Kier molecular flexibility index (Phi) is 2.91. The van der Waals surface area contributed by atoms with Crippen LogP contribution in [-0.4, -0.2) is 16.2 Å². The first-order valence-electron chi connectivity index (χ1n) is 5.67. The van der Waals surface area contributed by atoms with E-state index in [4.69, 9.17) is 4.74 Å². The number of fused-ring (bicyclic) bond motifs is 1. The van der Waals surface area contributed by atoms with Crippen LogP contribution in [0.15, 0.2) is 46.1 Å². The fourth-order valence-corrected chi connectivity index (χ4v) is 2.52. The fraction of sp³-hybridized carbons (Fsp3) is 0.231. The van der Waals surface area contributed by atoms with Crippen LogP contribution in [0.2, 0.25) is 0 Å².